The molecule has 14 heavy (non-hydrogen) atoms. The van der Waals surface area contributed by atoms with E-state index in [2.05, 4.69) is 21.3 Å². The van der Waals surface area contributed by atoms with E-state index < -0.39 is 0 Å². The Labute approximate surface area is 84.1 Å². The number of rotatable bonds is 0. The van der Waals surface area contributed by atoms with E-state index in [1.165, 1.54) is 31.4 Å². The summed E-state index contributed by atoms with van der Waals surface area (Å²) in [6.45, 7) is 2.30. The molecule has 0 aromatic carbocycles. The molecule has 3 heteroatoms. The molecule has 0 spiro atoms. The van der Waals surface area contributed by atoms with Crippen molar-refractivity contribution in [3.05, 3.63) is 23.9 Å². The lowest BCUT2D eigenvalue weighted by atomic mass is 10.0. The highest BCUT2D eigenvalue weighted by molar-refractivity contribution is 5.46. The maximum Gasteiger partial charge on any atom is 0.131 e. The summed E-state index contributed by atoms with van der Waals surface area (Å²) in [7, 11) is 0. The molecule has 3 nitrogen and oxygen atoms in total. The average molecular weight is 189 g/mol. The van der Waals surface area contributed by atoms with Crippen LogP contribution in [0.5, 0.6) is 0 Å². The molecule has 0 bridgehead atoms. The second-order valence-corrected chi connectivity index (χ2v) is 4.14. The van der Waals surface area contributed by atoms with Crippen LogP contribution in [0, 0.1) is 0 Å². The fourth-order valence-electron chi connectivity index (χ4n) is 2.42. The smallest absolute Gasteiger partial charge is 0.131 e. The van der Waals surface area contributed by atoms with Crippen molar-refractivity contribution in [2.24, 2.45) is 0 Å². The zero-order valence-electron chi connectivity index (χ0n) is 8.24. The molecule has 74 valence electrons. The summed E-state index contributed by atoms with van der Waals surface area (Å²) in [5.74, 6) is 1.09. The number of hydrogen-bond acceptors (Lipinski definition) is 3. The van der Waals surface area contributed by atoms with Gasteiger partial charge in [-0.3, -0.25) is 4.90 Å². The molecule has 3 rings (SSSR count). The Kier molecular flexibility index (Phi) is 1.91. The maximum absolute atomic E-state index is 4.37. The Bertz CT molecular complexity index is 304. The zero-order chi connectivity index (χ0) is 9.38. The Morgan fingerprint density at radius 2 is 2.43 bits per heavy atom. The fourth-order valence-corrected chi connectivity index (χ4v) is 2.42. The van der Waals surface area contributed by atoms with Crippen molar-refractivity contribution in [2.45, 2.75) is 32.0 Å². The van der Waals surface area contributed by atoms with Crippen molar-refractivity contribution in [1.82, 2.24) is 9.88 Å². The van der Waals surface area contributed by atoms with E-state index in [4.69, 9.17) is 0 Å². The first-order valence-electron chi connectivity index (χ1n) is 5.38. The number of piperidine rings is 1. The molecular weight excluding hydrogens is 174 g/mol. The van der Waals surface area contributed by atoms with Gasteiger partial charge in [0.15, 0.2) is 0 Å². The summed E-state index contributed by atoms with van der Waals surface area (Å²) in [6, 6.07) is 4.19. The predicted molar refractivity (Wildman–Crippen MR) is 55.9 cm³/mol. The topological polar surface area (TPSA) is 28.2 Å². The van der Waals surface area contributed by atoms with Gasteiger partial charge < -0.3 is 5.32 Å². The van der Waals surface area contributed by atoms with Crippen LogP contribution in [0.2, 0.25) is 0 Å². The van der Waals surface area contributed by atoms with Crippen molar-refractivity contribution in [2.75, 3.05) is 11.9 Å². The monoisotopic (exact) mass is 189 g/mol. The Morgan fingerprint density at radius 1 is 1.43 bits per heavy atom. The van der Waals surface area contributed by atoms with Gasteiger partial charge >= 0.3 is 0 Å². The first-order valence-corrected chi connectivity index (χ1v) is 5.38. The second-order valence-electron chi connectivity index (χ2n) is 4.14. The van der Waals surface area contributed by atoms with E-state index in [1.54, 1.807) is 0 Å². The molecule has 3 heterocycles. The van der Waals surface area contributed by atoms with Crippen LogP contribution in [0.3, 0.4) is 0 Å². The minimum atomic E-state index is 0.533. The molecule has 0 aliphatic carbocycles. The number of aromatic nitrogens is 1. The van der Waals surface area contributed by atoms with Crippen LogP contribution in [-0.2, 0) is 6.54 Å². The van der Waals surface area contributed by atoms with Gasteiger partial charge in [-0.25, -0.2) is 4.98 Å². The highest BCUT2D eigenvalue weighted by atomic mass is 15.3. The highest BCUT2D eigenvalue weighted by Crippen LogP contribution is 2.27. The predicted octanol–water partition coefficient (Wildman–Crippen LogP) is 1.82. The number of anilines is 1. The summed E-state index contributed by atoms with van der Waals surface area (Å²) in [5.41, 5.74) is 1.34. The van der Waals surface area contributed by atoms with Crippen molar-refractivity contribution in [1.29, 1.82) is 0 Å². The molecule has 0 amide bonds. The number of nitrogens with one attached hydrogen (secondary N) is 1. The first kappa shape index (κ1) is 8.24. The number of nitrogens with zero attached hydrogens (tertiary/aromatic N) is 2. The van der Waals surface area contributed by atoms with Gasteiger partial charge in [0.05, 0.1) is 6.17 Å². The Hall–Kier alpha value is -1.09. The minimum absolute atomic E-state index is 0.533. The summed E-state index contributed by atoms with van der Waals surface area (Å²) < 4.78 is 0. The molecule has 1 fully saturated rings. The van der Waals surface area contributed by atoms with Crippen LogP contribution in [0.25, 0.3) is 0 Å². The molecule has 1 saturated heterocycles. The van der Waals surface area contributed by atoms with Gasteiger partial charge in [-0.1, -0.05) is 6.07 Å². The Morgan fingerprint density at radius 3 is 3.43 bits per heavy atom. The maximum atomic E-state index is 4.37. The van der Waals surface area contributed by atoms with Crippen molar-refractivity contribution < 1.29 is 0 Å². The molecule has 1 aromatic heterocycles. The number of pyridine rings is 1. The normalized spacial score (nSPS) is 26.1. The van der Waals surface area contributed by atoms with Crippen LogP contribution < -0.4 is 5.32 Å². The lowest BCUT2D eigenvalue weighted by molar-refractivity contribution is 0.150. The quantitative estimate of drug-likeness (QED) is 0.674. The van der Waals surface area contributed by atoms with Crippen molar-refractivity contribution in [3.8, 4) is 0 Å². The molecule has 2 aliphatic rings. The van der Waals surface area contributed by atoms with E-state index in [0.29, 0.717) is 6.17 Å². The minimum Gasteiger partial charge on any atom is -0.354 e. The molecular formula is C11H15N3. The van der Waals surface area contributed by atoms with Gasteiger partial charge in [-0.15, -0.1) is 0 Å². The SMILES string of the molecule is c1cnc2c(c1)CN1CCCCC1N2. The van der Waals surface area contributed by atoms with Crippen LogP contribution in [0.1, 0.15) is 24.8 Å². The summed E-state index contributed by atoms with van der Waals surface area (Å²) in [6.07, 6.45) is 6.34. The van der Waals surface area contributed by atoms with Gasteiger partial charge in [0.25, 0.3) is 0 Å². The summed E-state index contributed by atoms with van der Waals surface area (Å²) in [4.78, 5) is 6.89. The van der Waals surface area contributed by atoms with E-state index in [-0.39, 0.29) is 0 Å². The molecule has 1 unspecified atom stereocenters. The molecule has 1 atom stereocenters. The average Bonchev–Trinajstić information content (AvgIpc) is 2.26. The standard InChI is InChI=1S/C11H15N3/c1-2-7-14-8-9-4-3-6-12-11(9)13-10(14)5-1/h3-4,6,10H,1-2,5,7-8H2,(H,12,13). The second kappa shape index (κ2) is 3.24. The molecule has 1 N–H and O–H groups in total. The molecule has 0 saturated carbocycles. The lowest BCUT2D eigenvalue weighted by Crippen LogP contribution is -2.47. The molecule has 1 aromatic rings. The van der Waals surface area contributed by atoms with Gasteiger partial charge in [-0.2, -0.15) is 0 Å². The van der Waals surface area contributed by atoms with E-state index in [9.17, 15) is 0 Å². The first-order chi connectivity index (χ1) is 6.93. The van der Waals surface area contributed by atoms with Crippen LogP contribution in [-0.4, -0.2) is 22.6 Å². The number of fused-ring (bicyclic) bond motifs is 2. The van der Waals surface area contributed by atoms with Crippen LogP contribution in [0.4, 0.5) is 5.82 Å². The third kappa shape index (κ3) is 1.28. The van der Waals surface area contributed by atoms with Gasteiger partial charge in [0.2, 0.25) is 0 Å². The van der Waals surface area contributed by atoms with Crippen LogP contribution in [0.15, 0.2) is 18.3 Å². The lowest BCUT2D eigenvalue weighted by Gasteiger charge is -2.40. The molecule has 2 aliphatic heterocycles. The fraction of sp³-hybridized carbons (Fsp3) is 0.545. The molecule has 0 radical (unpaired) electrons. The highest BCUT2D eigenvalue weighted by Gasteiger charge is 2.27. The van der Waals surface area contributed by atoms with Gasteiger partial charge in [0, 0.05) is 24.8 Å². The van der Waals surface area contributed by atoms with E-state index >= 15 is 0 Å². The third-order valence-corrected chi connectivity index (χ3v) is 3.18. The van der Waals surface area contributed by atoms with Gasteiger partial charge in [-0.05, 0) is 25.3 Å². The largest absolute Gasteiger partial charge is 0.354 e. The third-order valence-electron chi connectivity index (χ3n) is 3.18. The number of hydrogen-bond donors (Lipinski definition) is 1. The van der Waals surface area contributed by atoms with E-state index in [1.807, 2.05) is 12.3 Å². The summed E-state index contributed by atoms with van der Waals surface area (Å²) in [5, 5.41) is 3.51. The summed E-state index contributed by atoms with van der Waals surface area (Å²) >= 11 is 0. The Balaban J connectivity index is 1.91. The van der Waals surface area contributed by atoms with E-state index in [0.717, 1.165) is 12.4 Å². The van der Waals surface area contributed by atoms with Gasteiger partial charge in [0.1, 0.15) is 5.82 Å². The van der Waals surface area contributed by atoms with Crippen LogP contribution >= 0.6 is 0 Å². The zero-order valence-corrected chi connectivity index (χ0v) is 8.24. The van der Waals surface area contributed by atoms with Crippen molar-refractivity contribution >= 4 is 5.82 Å². The van der Waals surface area contributed by atoms with Crippen molar-refractivity contribution in [3.63, 3.8) is 0 Å².